The fourth-order valence-electron chi connectivity index (χ4n) is 4.60. The molecule has 2 aliphatic heterocycles. The molecule has 2 aliphatic carbocycles. The van der Waals surface area contributed by atoms with Gasteiger partial charge < -0.3 is 15.0 Å². The molecular formula is C16H23N3O4. The molecule has 0 radical (unpaired) electrons. The highest BCUT2D eigenvalue weighted by atomic mass is 16.5. The lowest BCUT2D eigenvalue weighted by Crippen LogP contribution is -2.54. The minimum absolute atomic E-state index is 0.109. The standard InChI is InChI=1S/C16H23N3O4/c20-13(18-8-9-23-12-5-3-4-11(12)18)10-19-14(21)16(17-15(19)22)6-1-2-7-16/h11-12H,1-10H2,(H,17,22)/t11-,12+/m0/s1. The average Bonchev–Trinajstić information content (AvgIpc) is 3.24. The van der Waals surface area contributed by atoms with E-state index in [0.29, 0.717) is 26.0 Å². The molecule has 126 valence electrons. The fourth-order valence-corrected chi connectivity index (χ4v) is 4.60. The maximum Gasteiger partial charge on any atom is 0.325 e. The Kier molecular flexibility index (Phi) is 3.55. The predicted molar refractivity (Wildman–Crippen MR) is 80.5 cm³/mol. The first-order valence-corrected chi connectivity index (χ1v) is 8.66. The number of amides is 4. The van der Waals surface area contributed by atoms with Crippen molar-refractivity contribution in [3.05, 3.63) is 0 Å². The van der Waals surface area contributed by atoms with Crippen LogP contribution in [0.5, 0.6) is 0 Å². The Morgan fingerprint density at radius 2 is 2.00 bits per heavy atom. The van der Waals surface area contributed by atoms with E-state index in [2.05, 4.69) is 5.32 Å². The molecule has 7 heteroatoms. The smallest absolute Gasteiger partial charge is 0.325 e. The van der Waals surface area contributed by atoms with Gasteiger partial charge in [0.1, 0.15) is 12.1 Å². The number of morpholine rings is 1. The lowest BCUT2D eigenvalue weighted by atomic mass is 9.98. The zero-order valence-corrected chi connectivity index (χ0v) is 13.3. The van der Waals surface area contributed by atoms with Gasteiger partial charge in [-0.25, -0.2) is 4.79 Å². The number of ether oxygens (including phenoxy) is 1. The Labute approximate surface area is 135 Å². The van der Waals surface area contributed by atoms with Gasteiger partial charge in [-0.15, -0.1) is 0 Å². The van der Waals surface area contributed by atoms with E-state index in [-0.39, 0.29) is 30.5 Å². The molecule has 7 nitrogen and oxygen atoms in total. The van der Waals surface area contributed by atoms with Crippen molar-refractivity contribution in [2.24, 2.45) is 0 Å². The summed E-state index contributed by atoms with van der Waals surface area (Å²) in [6, 6.07) is -0.307. The maximum absolute atomic E-state index is 12.7. The molecule has 0 bridgehead atoms. The van der Waals surface area contributed by atoms with Crippen LogP contribution < -0.4 is 5.32 Å². The van der Waals surface area contributed by atoms with Crippen LogP contribution in [0.3, 0.4) is 0 Å². The lowest BCUT2D eigenvalue weighted by Gasteiger charge is -2.38. The number of nitrogens with zero attached hydrogens (tertiary/aromatic N) is 2. The summed E-state index contributed by atoms with van der Waals surface area (Å²) in [4.78, 5) is 40.5. The molecule has 0 aromatic heterocycles. The summed E-state index contributed by atoms with van der Waals surface area (Å²) in [6.07, 6.45) is 6.38. The van der Waals surface area contributed by atoms with Crippen LogP contribution in [0.4, 0.5) is 4.79 Å². The van der Waals surface area contributed by atoms with Crippen molar-refractivity contribution in [2.75, 3.05) is 19.7 Å². The summed E-state index contributed by atoms with van der Waals surface area (Å²) in [5.41, 5.74) is -0.738. The van der Waals surface area contributed by atoms with E-state index in [0.717, 1.165) is 37.0 Å². The summed E-state index contributed by atoms with van der Waals surface area (Å²) in [7, 11) is 0. The SMILES string of the molecule is O=C1NC2(CCCC2)C(=O)N1CC(=O)N1CCO[C@@H]2CCC[C@@H]21. The van der Waals surface area contributed by atoms with Gasteiger partial charge in [0.05, 0.1) is 18.8 Å². The molecule has 4 aliphatic rings. The highest BCUT2D eigenvalue weighted by Gasteiger charge is 2.53. The Balaban J connectivity index is 1.46. The molecule has 23 heavy (non-hydrogen) atoms. The molecule has 2 saturated carbocycles. The molecular weight excluding hydrogens is 298 g/mol. The van der Waals surface area contributed by atoms with Crippen molar-refractivity contribution in [3.8, 4) is 0 Å². The normalized spacial score (nSPS) is 32.5. The van der Waals surface area contributed by atoms with E-state index in [1.807, 2.05) is 4.90 Å². The number of hydrogen-bond donors (Lipinski definition) is 1. The van der Waals surface area contributed by atoms with Crippen molar-refractivity contribution in [2.45, 2.75) is 62.6 Å². The Morgan fingerprint density at radius 3 is 2.78 bits per heavy atom. The largest absolute Gasteiger partial charge is 0.374 e. The zero-order chi connectivity index (χ0) is 16.0. The van der Waals surface area contributed by atoms with Crippen LogP contribution in [-0.2, 0) is 14.3 Å². The summed E-state index contributed by atoms with van der Waals surface area (Å²) in [5, 5.41) is 2.83. The third-order valence-electron chi connectivity index (χ3n) is 5.80. The third kappa shape index (κ3) is 2.33. The van der Waals surface area contributed by atoms with Crippen LogP contribution >= 0.6 is 0 Å². The first kappa shape index (κ1) is 14.9. The van der Waals surface area contributed by atoms with E-state index in [4.69, 9.17) is 4.74 Å². The van der Waals surface area contributed by atoms with Crippen molar-refractivity contribution in [3.63, 3.8) is 0 Å². The van der Waals surface area contributed by atoms with Crippen molar-refractivity contribution < 1.29 is 19.1 Å². The van der Waals surface area contributed by atoms with E-state index in [1.165, 1.54) is 0 Å². The summed E-state index contributed by atoms with van der Waals surface area (Å²) >= 11 is 0. The van der Waals surface area contributed by atoms with Gasteiger partial charge >= 0.3 is 6.03 Å². The minimum Gasteiger partial charge on any atom is -0.374 e. The number of carbonyl (C=O) groups is 3. The number of nitrogens with one attached hydrogen (secondary N) is 1. The molecule has 4 fully saturated rings. The van der Waals surface area contributed by atoms with Crippen LogP contribution in [0.2, 0.25) is 0 Å². The van der Waals surface area contributed by atoms with Crippen molar-refractivity contribution in [1.82, 2.24) is 15.1 Å². The Morgan fingerprint density at radius 1 is 1.22 bits per heavy atom. The molecule has 4 rings (SSSR count). The first-order chi connectivity index (χ1) is 11.1. The third-order valence-corrected chi connectivity index (χ3v) is 5.80. The molecule has 1 spiro atoms. The molecule has 0 aromatic rings. The maximum atomic E-state index is 12.7. The number of carbonyl (C=O) groups excluding carboxylic acids is 3. The lowest BCUT2D eigenvalue weighted by molar-refractivity contribution is -0.147. The summed E-state index contributed by atoms with van der Waals surface area (Å²) < 4.78 is 5.72. The van der Waals surface area contributed by atoms with Crippen LogP contribution in [-0.4, -0.2) is 65.0 Å². The van der Waals surface area contributed by atoms with Gasteiger partial charge in [0.2, 0.25) is 5.91 Å². The summed E-state index contributed by atoms with van der Waals surface area (Å²) in [6.45, 7) is 0.946. The highest BCUT2D eigenvalue weighted by Crippen LogP contribution is 2.35. The summed E-state index contributed by atoms with van der Waals surface area (Å²) in [5.74, 6) is -0.353. The van der Waals surface area contributed by atoms with E-state index in [1.54, 1.807) is 0 Å². The second kappa shape index (κ2) is 5.47. The number of rotatable bonds is 2. The topological polar surface area (TPSA) is 79.0 Å². The Hall–Kier alpha value is -1.63. The van der Waals surface area contributed by atoms with Crippen LogP contribution in [0, 0.1) is 0 Å². The van der Waals surface area contributed by atoms with Crippen LogP contribution in [0.1, 0.15) is 44.9 Å². The van der Waals surface area contributed by atoms with Crippen molar-refractivity contribution >= 4 is 17.8 Å². The van der Waals surface area contributed by atoms with Crippen LogP contribution in [0.15, 0.2) is 0 Å². The highest BCUT2D eigenvalue weighted by molar-refractivity contribution is 6.09. The van der Waals surface area contributed by atoms with Gasteiger partial charge in [-0.3, -0.25) is 14.5 Å². The quantitative estimate of drug-likeness (QED) is 0.757. The van der Waals surface area contributed by atoms with E-state index < -0.39 is 11.6 Å². The van der Waals surface area contributed by atoms with Gasteiger partial charge in [-0.05, 0) is 32.1 Å². The van der Waals surface area contributed by atoms with E-state index in [9.17, 15) is 14.4 Å². The molecule has 2 atom stereocenters. The number of fused-ring (bicyclic) bond motifs is 1. The Bertz CT molecular complexity index is 543. The monoisotopic (exact) mass is 321 g/mol. The van der Waals surface area contributed by atoms with Crippen molar-refractivity contribution in [1.29, 1.82) is 0 Å². The van der Waals surface area contributed by atoms with Gasteiger partial charge in [0, 0.05) is 6.54 Å². The molecule has 0 aromatic carbocycles. The predicted octanol–water partition coefficient (Wildman–Crippen LogP) is 0.631. The van der Waals surface area contributed by atoms with Gasteiger partial charge in [-0.2, -0.15) is 0 Å². The molecule has 4 amide bonds. The van der Waals surface area contributed by atoms with Crippen LogP contribution in [0.25, 0.3) is 0 Å². The number of hydrogen-bond acceptors (Lipinski definition) is 4. The number of imide groups is 1. The number of urea groups is 1. The molecule has 2 heterocycles. The second-order valence-electron chi connectivity index (χ2n) is 7.11. The van der Waals surface area contributed by atoms with Gasteiger partial charge in [0.15, 0.2) is 0 Å². The van der Waals surface area contributed by atoms with Gasteiger partial charge in [-0.1, -0.05) is 12.8 Å². The molecule has 0 unspecified atom stereocenters. The minimum atomic E-state index is -0.738. The molecule has 2 saturated heterocycles. The fraction of sp³-hybridized carbons (Fsp3) is 0.812. The molecule has 1 N–H and O–H groups in total. The second-order valence-corrected chi connectivity index (χ2v) is 7.11. The zero-order valence-electron chi connectivity index (χ0n) is 13.3. The first-order valence-electron chi connectivity index (χ1n) is 8.66. The average molecular weight is 321 g/mol. The van der Waals surface area contributed by atoms with Gasteiger partial charge in [0.25, 0.3) is 5.91 Å². The van der Waals surface area contributed by atoms with E-state index >= 15 is 0 Å².